The minimum Gasteiger partial charge on any atom is -0.494 e. The Bertz CT molecular complexity index is 1170. The number of aromatic nitrogens is 2. The maximum atomic E-state index is 10.6. The van der Waals surface area contributed by atoms with Gasteiger partial charge in [-0.2, -0.15) is 0 Å². The zero-order chi connectivity index (χ0) is 21.1. The van der Waals surface area contributed by atoms with Crippen LogP contribution < -0.4 is 10.1 Å². The van der Waals surface area contributed by atoms with Gasteiger partial charge in [0.05, 0.1) is 36.6 Å². The molecule has 5 nitrogen and oxygen atoms in total. The van der Waals surface area contributed by atoms with Crippen molar-refractivity contribution in [1.82, 2.24) is 14.9 Å². The number of ether oxygens (including phenoxy) is 1. The van der Waals surface area contributed by atoms with Gasteiger partial charge in [-0.1, -0.05) is 30.3 Å². The Morgan fingerprint density at radius 3 is 2.73 bits per heavy atom. The van der Waals surface area contributed by atoms with Crippen molar-refractivity contribution in [2.75, 3.05) is 13.2 Å². The average Bonchev–Trinajstić information content (AvgIpc) is 3.11. The number of fused-ring (bicyclic) bond motifs is 2. The van der Waals surface area contributed by atoms with Gasteiger partial charge in [0.15, 0.2) is 0 Å². The highest BCUT2D eigenvalue weighted by atomic mass is 16.5. The summed E-state index contributed by atoms with van der Waals surface area (Å²) in [5.74, 6) is 0.893. The standard InChI is InChI=1S/C25H29N3O2/c1-4-30-25-10-9-19-7-5-6-8-21(19)22(25)14-26-13-20(29)15-28-16-27-23-11-17(2)18(3)12-24(23)28/h5-12,16,20,26,29H,4,13-15H2,1-3H3/t20-/m1/s1. The van der Waals surface area contributed by atoms with Crippen molar-refractivity contribution in [2.45, 2.75) is 40.0 Å². The molecule has 30 heavy (non-hydrogen) atoms. The largest absolute Gasteiger partial charge is 0.494 e. The minimum absolute atomic E-state index is 0.485. The fourth-order valence-corrected chi connectivity index (χ4v) is 3.90. The minimum atomic E-state index is -0.519. The quantitative estimate of drug-likeness (QED) is 0.459. The lowest BCUT2D eigenvalue weighted by Crippen LogP contribution is -2.30. The van der Waals surface area contributed by atoms with E-state index in [0.29, 0.717) is 26.2 Å². The van der Waals surface area contributed by atoms with E-state index in [1.165, 1.54) is 21.9 Å². The van der Waals surface area contributed by atoms with Crippen molar-refractivity contribution in [3.05, 3.63) is 71.5 Å². The van der Waals surface area contributed by atoms with Crippen LogP contribution in [0.2, 0.25) is 0 Å². The maximum absolute atomic E-state index is 10.6. The molecule has 1 heterocycles. The Morgan fingerprint density at radius 1 is 1.10 bits per heavy atom. The van der Waals surface area contributed by atoms with Crippen molar-refractivity contribution in [1.29, 1.82) is 0 Å². The highest BCUT2D eigenvalue weighted by Gasteiger charge is 2.12. The van der Waals surface area contributed by atoms with Gasteiger partial charge in [-0.3, -0.25) is 0 Å². The smallest absolute Gasteiger partial charge is 0.124 e. The molecular weight excluding hydrogens is 374 g/mol. The van der Waals surface area contributed by atoms with Gasteiger partial charge in [0.1, 0.15) is 5.75 Å². The molecule has 0 unspecified atom stereocenters. The van der Waals surface area contributed by atoms with E-state index in [9.17, 15) is 5.11 Å². The molecule has 0 bridgehead atoms. The molecule has 0 fully saturated rings. The van der Waals surface area contributed by atoms with Gasteiger partial charge in [-0.15, -0.1) is 0 Å². The van der Waals surface area contributed by atoms with Crippen molar-refractivity contribution in [2.24, 2.45) is 0 Å². The zero-order valence-electron chi connectivity index (χ0n) is 17.9. The first-order valence-corrected chi connectivity index (χ1v) is 10.5. The summed E-state index contributed by atoms with van der Waals surface area (Å²) in [5, 5.41) is 16.4. The zero-order valence-corrected chi connectivity index (χ0v) is 17.9. The number of hydrogen-bond acceptors (Lipinski definition) is 4. The number of hydrogen-bond donors (Lipinski definition) is 2. The third kappa shape index (κ3) is 4.18. The van der Waals surface area contributed by atoms with E-state index in [2.05, 4.69) is 54.5 Å². The van der Waals surface area contributed by atoms with Crippen LogP contribution in [0, 0.1) is 13.8 Å². The van der Waals surface area contributed by atoms with Crippen LogP contribution >= 0.6 is 0 Å². The molecule has 2 N–H and O–H groups in total. The van der Waals surface area contributed by atoms with Crippen LogP contribution in [-0.4, -0.2) is 33.9 Å². The molecule has 1 aromatic heterocycles. The van der Waals surface area contributed by atoms with Crippen LogP contribution in [0.4, 0.5) is 0 Å². The second-order valence-electron chi connectivity index (χ2n) is 7.80. The number of aliphatic hydroxyl groups is 1. The van der Waals surface area contributed by atoms with Gasteiger partial charge < -0.3 is 19.7 Å². The Morgan fingerprint density at radius 2 is 1.90 bits per heavy atom. The predicted octanol–water partition coefficient (Wildman–Crippen LogP) is 4.36. The van der Waals surface area contributed by atoms with Gasteiger partial charge in [-0.05, 0) is 60.9 Å². The Labute approximate surface area is 177 Å². The second-order valence-corrected chi connectivity index (χ2v) is 7.80. The van der Waals surface area contributed by atoms with Crippen molar-refractivity contribution in [3.63, 3.8) is 0 Å². The molecular formula is C25H29N3O2. The summed E-state index contributed by atoms with van der Waals surface area (Å²) in [6, 6.07) is 16.7. The summed E-state index contributed by atoms with van der Waals surface area (Å²) in [6.45, 7) is 8.44. The summed E-state index contributed by atoms with van der Waals surface area (Å²) in [6.07, 6.45) is 1.29. The molecule has 0 radical (unpaired) electrons. The summed E-state index contributed by atoms with van der Waals surface area (Å²) < 4.78 is 7.87. The Hall–Kier alpha value is -2.89. The maximum Gasteiger partial charge on any atom is 0.124 e. The van der Waals surface area contributed by atoms with Crippen LogP contribution in [0.3, 0.4) is 0 Å². The van der Waals surface area contributed by atoms with Gasteiger partial charge in [0.2, 0.25) is 0 Å². The van der Waals surface area contributed by atoms with Crippen LogP contribution in [0.1, 0.15) is 23.6 Å². The Kier molecular flexibility index (Phi) is 6.02. The van der Waals surface area contributed by atoms with E-state index in [1.54, 1.807) is 0 Å². The molecule has 3 aromatic carbocycles. The summed E-state index contributed by atoms with van der Waals surface area (Å²) in [7, 11) is 0. The third-order valence-electron chi connectivity index (χ3n) is 5.62. The molecule has 156 valence electrons. The van der Waals surface area contributed by atoms with E-state index < -0.39 is 6.10 Å². The lowest BCUT2D eigenvalue weighted by atomic mass is 10.0. The summed E-state index contributed by atoms with van der Waals surface area (Å²) in [4.78, 5) is 4.48. The molecule has 4 rings (SSSR count). The van der Waals surface area contributed by atoms with Crippen molar-refractivity contribution in [3.8, 4) is 5.75 Å². The van der Waals surface area contributed by atoms with Crippen LogP contribution in [0.5, 0.6) is 5.75 Å². The fourth-order valence-electron chi connectivity index (χ4n) is 3.90. The molecule has 5 heteroatoms. The topological polar surface area (TPSA) is 59.3 Å². The number of nitrogens with zero attached hydrogens (tertiary/aromatic N) is 2. The molecule has 0 saturated heterocycles. The highest BCUT2D eigenvalue weighted by molar-refractivity contribution is 5.87. The van der Waals surface area contributed by atoms with Gasteiger partial charge >= 0.3 is 0 Å². The Balaban J connectivity index is 1.45. The molecule has 0 saturated carbocycles. The van der Waals surface area contributed by atoms with E-state index in [1.807, 2.05) is 36.0 Å². The number of aliphatic hydroxyl groups excluding tert-OH is 1. The first kappa shape index (κ1) is 20.4. The van der Waals surface area contributed by atoms with Crippen LogP contribution in [0.25, 0.3) is 21.8 Å². The van der Waals surface area contributed by atoms with Gasteiger partial charge in [-0.25, -0.2) is 4.98 Å². The number of aryl methyl sites for hydroxylation is 2. The van der Waals surface area contributed by atoms with E-state index in [0.717, 1.165) is 22.3 Å². The molecule has 0 amide bonds. The normalized spacial score (nSPS) is 12.5. The SMILES string of the molecule is CCOc1ccc2ccccc2c1CNC[C@@H](O)Cn1cnc2cc(C)c(C)cc21. The monoisotopic (exact) mass is 403 g/mol. The van der Waals surface area contributed by atoms with E-state index in [-0.39, 0.29) is 0 Å². The van der Waals surface area contributed by atoms with Crippen LogP contribution in [0.15, 0.2) is 54.9 Å². The first-order valence-electron chi connectivity index (χ1n) is 10.5. The van der Waals surface area contributed by atoms with E-state index in [4.69, 9.17) is 4.74 Å². The number of imidazole rings is 1. The lowest BCUT2D eigenvalue weighted by molar-refractivity contribution is 0.152. The van der Waals surface area contributed by atoms with E-state index >= 15 is 0 Å². The average molecular weight is 404 g/mol. The fraction of sp³-hybridized carbons (Fsp3) is 0.320. The molecule has 0 aliphatic carbocycles. The van der Waals surface area contributed by atoms with Crippen LogP contribution in [-0.2, 0) is 13.1 Å². The number of nitrogens with one attached hydrogen (secondary N) is 1. The molecule has 1 atom stereocenters. The molecule has 0 aliphatic rings. The molecule has 4 aromatic rings. The first-order chi connectivity index (χ1) is 14.6. The number of rotatable bonds is 8. The lowest BCUT2D eigenvalue weighted by Gasteiger charge is -2.17. The second kappa shape index (κ2) is 8.86. The molecule has 0 spiro atoms. The van der Waals surface area contributed by atoms with Gasteiger partial charge in [0.25, 0.3) is 0 Å². The molecule has 0 aliphatic heterocycles. The summed E-state index contributed by atoms with van der Waals surface area (Å²) in [5.41, 5.74) is 5.62. The third-order valence-corrected chi connectivity index (χ3v) is 5.62. The number of benzene rings is 3. The van der Waals surface area contributed by atoms with Crippen molar-refractivity contribution >= 4 is 21.8 Å². The predicted molar refractivity (Wildman–Crippen MR) is 122 cm³/mol. The van der Waals surface area contributed by atoms with Crippen molar-refractivity contribution < 1.29 is 9.84 Å². The highest BCUT2D eigenvalue weighted by Crippen LogP contribution is 2.28. The summed E-state index contributed by atoms with van der Waals surface area (Å²) >= 11 is 0. The van der Waals surface area contributed by atoms with Gasteiger partial charge in [0, 0.05) is 18.7 Å².